The first-order valence-corrected chi connectivity index (χ1v) is 11.0. The molecule has 3 N–H and O–H groups in total. The number of nitrogens with zero attached hydrogens (tertiary/aromatic N) is 2. The third-order valence-corrected chi connectivity index (χ3v) is 6.35. The molecule has 0 radical (unpaired) electrons. The van der Waals surface area contributed by atoms with Gasteiger partial charge in [0.1, 0.15) is 0 Å². The molecule has 6 nitrogen and oxygen atoms in total. The molecule has 1 saturated carbocycles. The zero-order valence-electron chi connectivity index (χ0n) is 19.0. The minimum Gasteiger partial charge on any atom is -0.475 e. The fourth-order valence-electron chi connectivity index (χ4n) is 4.31. The summed E-state index contributed by atoms with van der Waals surface area (Å²) >= 11 is 0. The largest absolute Gasteiger partial charge is 0.490 e. The van der Waals surface area contributed by atoms with Crippen LogP contribution in [-0.4, -0.2) is 46.6 Å². The van der Waals surface area contributed by atoms with Crippen LogP contribution in [0, 0.1) is 5.92 Å². The molecule has 1 aliphatic heterocycles. The summed E-state index contributed by atoms with van der Waals surface area (Å²) in [6.07, 6.45) is -1.47. The Morgan fingerprint density at radius 1 is 1.15 bits per heavy atom. The Morgan fingerprint density at radius 3 is 2.32 bits per heavy atom. The molecule has 1 fully saturated rings. The minimum atomic E-state index is -5.08. The van der Waals surface area contributed by atoms with E-state index in [1.165, 1.54) is 21.6 Å². The van der Waals surface area contributed by atoms with Gasteiger partial charge in [0.25, 0.3) is 0 Å². The van der Waals surface area contributed by atoms with E-state index >= 15 is 0 Å². The third kappa shape index (κ3) is 6.15. The Morgan fingerprint density at radius 2 is 1.74 bits per heavy atom. The highest BCUT2D eigenvalue weighted by atomic mass is 19.4. The van der Waals surface area contributed by atoms with Crippen LogP contribution < -0.4 is 5.73 Å². The second-order valence-corrected chi connectivity index (χ2v) is 8.94. The number of carbonyl (C=O) groups excluding carboxylic acids is 1. The first kappa shape index (κ1) is 25.3. The number of aryl methyl sites for hydroxylation is 2. The van der Waals surface area contributed by atoms with Gasteiger partial charge in [-0.1, -0.05) is 54.6 Å². The van der Waals surface area contributed by atoms with Crippen molar-refractivity contribution >= 4 is 17.8 Å². The van der Waals surface area contributed by atoms with E-state index in [1.807, 2.05) is 0 Å². The zero-order valence-corrected chi connectivity index (χ0v) is 19.0. The average Bonchev–Trinajstić information content (AvgIpc) is 3.59. The summed E-state index contributed by atoms with van der Waals surface area (Å²) in [5.41, 5.74) is 9.70. The molecule has 182 valence electrons. The number of aliphatic carboxylic acids is 1. The summed E-state index contributed by atoms with van der Waals surface area (Å²) in [6, 6.07) is 19.5. The highest BCUT2D eigenvalue weighted by Crippen LogP contribution is 2.56. The van der Waals surface area contributed by atoms with Crippen LogP contribution in [-0.2, 0) is 22.4 Å². The molecule has 0 aromatic heterocycles. The van der Waals surface area contributed by atoms with Crippen molar-refractivity contribution in [3.05, 3.63) is 71.3 Å². The van der Waals surface area contributed by atoms with Crippen molar-refractivity contribution in [2.75, 3.05) is 7.05 Å². The summed E-state index contributed by atoms with van der Waals surface area (Å²) in [5, 5.41) is 7.12. The Labute approximate surface area is 196 Å². The molecule has 0 saturated heterocycles. The zero-order chi connectivity index (χ0) is 25.1. The molecule has 0 unspecified atom stereocenters. The van der Waals surface area contributed by atoms with E-state index in [9.17, 15) is 18.0 Å². The molecule has 2 aliphatic rings. The number of guanidine groups is 1. The lowest BCUT2D eigenvalue weighted by Gasteiger charge is -2.33. The number of benzene rings is 2. The normalized spacial score (nSPS) is 24.1. The van der Waals surface area contributed by atoms with Crippen molar-refractivity contribution in [2.24, 2.45) is 16.6 Å². The van der Waals surface area contributed by atoms with E-state index < -0.39 is 12.1 Å². The van der Waals surface area contributed by atoms with Crippen LogP contribution >= 0.6 is 0 Å². The van der Waals surface area contributed by atoms with Crippen molar-refractivity contribution < 1.29 is 27.9 Å². The summed E-state index contributed by atoms with van der Waals surface area (Å²) in [7, 11) is 1.70. The SMILES string of the molecule is CN1C(=O)C[C@@](C)([C@@H]2C[C@H]2c2cccc(CCc3ccccc3)c2)N=C1N.O=C(O)C(F)(F)F. The lowest BCUT2D eigenvalue weighted by molar-refractivity contribution is -0.192. The standard InChI is InChI=1S/C23H27N3O.C2HF3O2/c1-23(15-21(27)26(2)22(24)25-23)20-14-19(20)18-10-6-9-17(13-18)12-11-16-7-4-3-5-8-16;3-2(4,5)1(6)7/h3-10,13,19-20H,11-12,14-15H2,1-2H3,(H2,24,25);(H,6,7)/t19-,20+,23-;/m0./s1. The first-order valence-electron chi connectivity index (χ1n) is 11.0. The maximum absolute atomic E-state index is 12.2. The van der Waals surface area contributed by atoms with Gasteiger partial charge in [0.15, 0.2) is 5.96 Å². The lowest BCUT2D eigenvalue weighted by atomic mass is 9.88. The van der Waals surface area contributed by atoms with Gasteiger partial charge in [0.2, 0.25) is 5.91 Å². The van der Waals surface area contributed by atoms with Crippen molar-refractivity contribution in [3.63, 3.8) is 0 Å². The number of halogens is 3. The number of carbonyl (C=O) groups is 2. The molecule has 34 heavy (non-hydrogen) atoms. The molecule has 2 aromatic carbocycles. The van der Waals surface area contributed by atoms with Gasteiger partial charge in [0.05, 0.1) is 12.0 Å². The number of rotatable bonds is 5. The van der Waals surface area contributed by atoms with E-state index in [0.29, 0.717) is 24.2 Å². The van der Waals surface area contributed by atoms with E-state index in [2.05, 4.69) is 66.5 Å². The van der Waals surface area contributed by atoms with Gasteiger partial charge >= 0.3 is 12.1 Å². The van der Waals surface area contributed by atoms with Crippen LogP contribution in [0.1, 0.15) is 42.4 Å². The molecule has 2 aromatic rings. The fraction of sp³-hybridized carbons (Fsp3) is 0.400. The number of hydrogen-bond acceptors (Lipinski definition) is 4. The average molecular weight is 476 g/mol. The summed E-state index contributed by atoms with van der Waals surface area (Å²) in [4.78, 5) is 27.3. The van der Waals surface area contributed by atoms with Gasteiger partial charge in [-0.3, -0.25) is 9.69 Å². The van der Waals surface area contributed by atoms with Crippen molar-refractivity contribution in [2.45, 2.75) is 50.2 Å². The van der Waals surface area contributed by atoms with Crippen LogP contribution in [0.4, 0.5) is 13.2 Å². The van der Waals surface area contributed by atoms with Gasteiger partial charge in [-0.25, -0.2) is 9.79 Å². The van der Waals surface area contributed by atoms with Gasteiger partial charge in [-0.2, -0.15) is 13.2 Å². The van der Waals surface area contributed by atoms with Crippen LogP contribution in [0.25, 0.3) is 0 Å². The second-order valence-electron chi connectivity index (χ2n) is 8.94. The van der Waals surface area contributed by atoms with Crippen LogP contribution in [0.3, 0.4) is 0 Å². The Kier molecular flexibility index (Phi) is 7.33. The second kappa shape index (κ2) is 9.87. The smallest absolute Gasteiger partial charge is 0.475 e. The molecule has 0 bridgehead atoms. The molecular weight excluding hydrogens is 447 g/mol. The predicted octanol–water partition coefficient (Wildman–Crippen LogP) is 4.14. The number of nitrogens with two attached hydrogens (primary N) is 1. The van der Waals surface area contributed by atoms with Gasteiger partial charge in [-0.05, 0) is 54.7 Å². The molecule has 3 atom stereocenters. The van der Waals surface area contributed by atoms with Crippen molar-refractivity contribution in [1.29, 1.82) is 0 Å². The monoisotopic (exact) mass is 475 g/mol. The number of aliphatic imine (C=N–C) groups is 1. The van der Waals surface area contributed by atoms with Crippen molar-refractivity contribution in [3.8, 4) is 0 Å². The number of carboxylic acids is 1. The topological polar surface area (TPSA) is 96.0 Å². The van der Waals surface area contributed by atoms with Crippen molar-refractivity contribution in [1.82, 2.24) is 4.90 Å². The van der Waals surface area contributed by atoms with E-state index in [1.54, 1.807) is 7.05 Å². The number of carboxylic acid groups (broad SMARTS) is 1. The summed E-state index contributed by atoms with van der Waals surface area (Å²) in [5.74, 6) is -1.49. The van der Waals surface area contributed by atoms with E-state index in [4.69, 9.17) is 15.6 Å². The van der Waals surface area contributed by atoms with Gasteiger partial charge < -0.3 is 10.8 Å². The molecule has 4 rings (SSSR count). The van der Waals surface area contributed by atoms with Gasteiger partial charge in [-0.15, -0.1) is 0 Å². The predicted molar refractivity (Wildman–Crippen MR) is 122 cm³/mol. The van der Waals surface area contributed by atoms with E-state index in [0.717, 1.165) is 19.3 Å². The first-order chi connectivity index (χ1) is 15.9. The van der Waals surface area contributed by atoms with E-state index in [-0.39, 0.29) is 11.4 Å². The molecule has 1 aliphatic carbocycles. The Bertz CT molecular complexity index is 1070. The molecular formula is C25H28F3N3O3. The number of hydrogen-bond donors (Lipinski definition) is 2. The minimum absolute atomic E-state index is 0.0623. The fourth-order valence-corrected chi connectivity index (χ4v) is 4.31. The Balaban J connectivity index is 0.000000406. The van der Waals surface area contributed by atoms with Crippen LogP contribution in [0.2, 0.25) is 0 Å². The highest BCUT2D eigenvalue weighted by Gasteiger charge is 2.53. The molecule has 1 amide bonds. The molecule has 1 heterocycles. The molecule has 9 heteroatoms. The van der Waals surface area contributed by atoms with Crippen LogP contribution in [0.15, 0.2) is 59.6 Å². The summed E-state index contributed by atoms with van der Waals surface area (Å²) in [6.45, 7) is 2.08. The number of alkyl halides is 3. The quantitative estimate of drug-likeness (QED) is 0.679. The summed E-state index contributed by atoms with van der Waals surface area (Å²) < 4.78 is 31.7. The maximum atomic E-state index is 12.2. The maximum Gasteiger partial charge on any atom is 0.490 e. The van der Waals surface area contributed by atoms with Crippen LogP contribution in [0.5, 0.6) is 0 Å². The third-order valence-electron chi connectivity index (χ3n) is 6.35. The number of amides is 1. The Hall–Kier alpha value is -3.36. The highest BCUT2D eigenvalue weighted by molar-refractivity contribution is 5.98. The lowest BCUT2D eigenvalue weighted by Crippen LogP contribution is -2.49. The molecule has 0 spiro atoms. The van der Waals surface area contributed by atoms with Gasteiger partial charge in [0, 0.05) is 7.05 Å².